The van der Waals surface area contributed by atoms with Gasteiger partial charge in [0.25, 0.3) is 11.8 Å². The first kappa shape index (κ1) is 18.6. The number of aromatic amines is 1. The van der Waals surface area contributed by atoms with Gasteiger partial charge in [-0.3, -0.25) is 20.0 Å². The summed E-state index contributed by atoms with van der Waals surface area (Å²) in [6, 6.07) is 9.83. The predicted octanol–water partition coefficient (Wildman–Crippen LogP) is 0.552. The molecular formula is C21H16N6O4. The second-order valence-electron chi connectivity index (χ2n) is 7.29. The summed E-state index contributed by atoms with van der Waals surface area (Å²) in [4.78, 5) is 39.0. The molecule has 3 N–H and O–H groups in total. The van der Waals surface area contributed by atoms with Crippen molar-refractivity contribution >= 4 is 28.9 Å². The molecule has 5 rings (SSSR count). The summed E-state index contributed by atoms with van der Waals surface area (Å²) < 4.78 is 5.19. The summed E-state index contributed by atoms with van der Waals surface area (Å²) in [7, 11) is 1.53. The Morgan fingerprint density at radius 1 is 1.19 bits per heavy atom. The van der Waals surface area contributed by atoms with Crippen LogP contribution in [0.3, 0.4) is 0 Å². The van der Waals surface area contributed by atoms with Crippen LogP contribution in [0, 0.1) is 11.8 Å². The maximum Gasteiger partial charge on any atom is 0.323 e. The predicted molar refractivity (Wildman–Crippen MR) is 108 cm³/mol. The maximum atomic E-state index is 12.9. The van der Waals surface area contributed by atoms with Crippen molar-refractivity contribution in [2.45, 2.75) is 12.1 Å². The number of fused-ring (bicyclic) bond motifs is 2. The van der Waals surface area contributed by atoms with Crippen molar-refractivity contribution in [1.82, 2.24) is 30.9 Å². The Labute approximate surface area is 175 Å². The normalized spacial score (nSPS) is 19.6. The van der Waals surface area contributed by atoms with E-state index in [2.05, 4.69) is 37.9 Å². The number of hydrogen-bond acceptors (Lipinski definition) is 6. The van der Waals surface area contributed by atoms with Gasteiger partial charge in [0.1, 0.15) is 11.3 Å². The second kappa shape index (κ2) is 6.84. The fraction of sp³-hybridized carbons (Fsp3) is 0.190. The number of imide groups is 1. The van der Waals surface area contributed by atoms with E-state index in [9.17, 15) is 14.4 Å². The summed E-state index contributed by atoms with van der Waals surface area (Å²) in [5, 5.41) is 15.2. The van der Waals surface area contributed by atoms with Crippen LogP contribution in [-0.4, -0.2) is 57.3 Å². The number of rotatable bonds is 3. The number of aromatic nitrogens is 3. The first-order valence-corrected chi connectivity index (χ1v) is 9.41. The molecule has 1 aromatic heterocycles. The van der Waals surface area contributed by atoms with Gasteiger partial charge in [-0.1, -0.05) is 23.1 Å². The number of nitrogens with one attached hydrogen (secondary N) is 3. The number of amides is 4. The second-order valence-corrected chi connectivity index (χ2v) is 7.29. The molecule has 0 radical (unpaired) electrons. The van der Waals surface area contributed by atoms with E-state index in [0.717, 1.165) is 11.1 Å². The van der Waals surface area contributed by atoms with Gasteiger partial charge in [-0.2, -0.15) is 0 Å². The highest BCUT2D eigenvalue weighted by atomic mass is 16.5. The van der Waals surface area contributed by atoms with Crippen molar-refractivity contribution in [3.63, 3.8) is 0 Å². The molecule has 2 aliphatic rings. The summed E-state index contributed by atoms with van der Waals surface area (Å²) in [6.45, 7) is 0.204. The Morgan fingerprint density at radius 3 is 2.84 bits per heavy atom. The molecule has 0 aliphatic carbocycles. The molecule has 2 aromatic carbocycles. The fourth-order valence-electron chi connectivity index (χ4n) is 3.71. The summed E-state index contributed by atoms with van der Waals surface area (Å²) in [6.07, 6.45) is 0. The molecule has 2 aliphatic heterocycles. The van der Waals surface area contributed by atoms with Crippen LogP contribution in [0.15, 0.2) is 36.4 Å². The van der Waals surface area contributed by atoms with Crippen molar-refractivity contribution in [1.29, 1.82) is 0 Å². The molecule has 1 atom stereocenters. The van der Waals surface area contributed by atoms with E-state index in [4.69, 9.17) is 4.74 Å². The molecule has 31 heavy (non-hydrogen) atoms. The third-order valence-electron chi connectivity index (χ3n) is 5.31. The molecule has 10 heteroatoms. The number of carbonyl (C=O) groups is 3. The number of benzene rings is 2. The zero-order chi connectivity index (χ0) is 21.6. The van der Waals surface area contributed by atoms with E-state index in [1.165, 1.54) is 12.0 Å². The Kier molecular flexibility index (Phi) is 4.11. The van der Waals surface area contributed by atoms with Gasteiger partial charge in [0.05, 0.1) is 19.2 Å². The van der Waals surface area contributed by atoms with Gasteiger partial charge in [-0.15, -0.1) is 5.10 Å². The van der Waals surface area contributed by atoms with Crippen LogP contribution in [0.5, 0.6) is 5.75 Å². The van der Waals surface area contributed by atoms with E-state index in [1.54, 1.807) is 30.3 Å². The van der Waals surface area contributed by atoms with Gasteiger partial charge in [0.15, 0.2) is 0 Å². The van der Waals surface area contributed by atoms with E-state index < -0.39 is 17.5 Å². The van der Waals surface area contributed by atoms with E-state index in [0.29, 0.717) is 28.9 Å². The van der Waals surface area contributed by atoms with Crippen LogP contribution >= 0.6 is 0 Å². The van der Waals surface area contributed by atoms with Crippen molar-refractivity contribution in [2.75, 3.05) is 13.7 Å². The number of carbonyl (C=O) groups excluding carboxylic acids is 3. The van der Waals surface area contributed by atoms with Crippen molar-refractivity contribution in [2.24, 2.45) is 0 Å². The highest BCUT2D eigenvalue weighted by molar-refractivity contribution is 6.10. The molecule has 3 aromatic rings. The van der Waals surface area contributed by atoms with Gasteiger partial charge in [0.2, 0.25) is 5.54 Å². The lowest BCUT2D eigenvalue weighted by Crippen LogP contribution is -2.54. The molecule has 3 heterocycles. The van der Waals surface area contributed by atoms with Crippen molar-refractivity contribution in [3.05, 3.63) is 53.1 Å². The maximum absolute atomic E-state index is 12.9. The molecule has 0 unspecified atom stereocenters. The first-order valence-electron chi connectivity index (χ1n) is 9.41. The van der Waals surface area contributed by atoms with E-state index in [1.807, 2.05) is 6.07 Å². The van der Waals surface area contributed by atoms with E-state index in [-0.39, 0.29) is 12.5 Å². The van der Waals surface area contributed by atoms with Crippen LogP contribution in [-0.2, 0) is 11.3 Å². The summed E-state index contributed by atoms with van der Waals surface area (Å²) >= 11 is 0. The minimum absolute atomic E-state index is 0.0976. The molecule has 0 saturated carbocycles. The zero-order valence-electron chi connectivity index (χ0n) is 16.4. The average Bonchev–Trinajstić information content (AvgIpc) is 3.43. The monoisotopic (exact) mass is 416 g/mol. The van der Waals surface area contributed by atoms with Crippen LogP contribution in [0.2, 0.25) is 0 Å². The van der Waals surface area contributed by atoms with Gasteiger partial charge in [-0.25, -0.2) is 4.79 Å². The number of ether oxygens (including phenoxy) is 1. The van der Waals surface area contributed by atoms with Gasteiger partial charge in [0, 0.05) is 17.7 Å². The van der Waals surface area contributed by atoms with Crippen LogP contribution in [0.1, 0.15) is 21.5 Å². The number of H-pyrrole nitrogens is 1. The number of methoxy groups -OCH3 is 1. The lowest BCUT2D eigenvalue weighted by molar-refractivity contribution is -0.122. The third-order valence-corrected chi connectivity index (χ3v) is 5.31. The molecule has 0 bridgehead atoms. The van der Waals surface area contributed by atoms with Gasteiger partial charge in [-0.05, 0) is 35.9 Å². The van der Waals surface area contributed by atoms with Crippen molar-refractivity contribution in [3.8, 4) is 17.6 Å². The lowest BCUT2D eigenvalue weighted by Gasteiger charge is -2.26. The smallest absolute Gasteiger partial charge is 0.323 e. The number of urea groups is 1. The highest BCUT2D eigenvalue weighted by Gasteiger charge is 2.48. The van der Waals surface area contributed by atoms with Crippen LogP contribution in [0.25, 0.3) is 11.0 Å². The highest BCUT2D eigenvalue weighted by Crippen LogP contribution is 2.28. The topological polar surface area (TPSA) is 129 Å². The molecule has 4 amide bonds. The van der Waals surface area contributed by atoms with E-state index >= 15 is 0 Å². The summed E-state index contributed by atoms with van der Waals surface area (Å²) in [5.41, 5.74) is 1.72. The SMILES string of the molecule is COc1ccc2c(c1)C(=O)N(C[C@@]1(C#Cc3ccc4[nH]nnc4c3)NC(=O)NC1=O)C2. The third kappa shape index (κ3) is 3.12. The van der Waals surface area contributed by atoms with Gasteiger partial charge < -0.3 is 15.0 Å². The first-order chi connectivity index (χ1) is 15.0. The minimum atomic E-state index is -1.57. The van der Waals surface area contributed by atoms with Crippen molar-refractivity contribution < 1.29 is 19.1 Å². The Bertz CT molecular complexity index is 1320. The fourth-order valence-corrected chi connectivity index (χ4v) is 3.71. The Morgan fingerprint density at radius 2 is 2.06 bits per heavy atom. The molecule has 1 saturated heterocycles. The Balaban J connectivity index is 1.47. The average molecular weight is 416 g/mol. The molecule has 154 valence electrons. The molecule has 10 nitrogen and oxygen atoms in total. The minimum Gasteiger partial charge on any atom is -0.497 e. The Hall–Kier alpha value is -4.39. The molecule has 0 spiro atoms. The number of nitrogens with zero attached hydrogens (tertiary/aromatic N) is 3. The van der Waals surface area contributed by atoms with Crippen LogP contribution in [0.4, 0.5) is 4.79 Å². The quantitative estimate of drug-likeness (QED) is 0.422. The number of hydrogen-bond donors (Lipinski definition) is 3. The summed E-state index contributed by atoms with van der Waals surface area (Å²) in [5.74, 6) is 5.51. The lowest BCUT2D eigenvalue weighted by atomic mass is 9.99. The molecule has 1 fully saturated rings. The largest absolute Gasteiger partial charge is 0.497 e. The molecular weight excluding hydrogens is 400 g/mol. The van der Waals surface area contributed by atoms with Crippen LogP contribution < -0.4 is 15.4 Å². The standard InChI is InChI=1S/C21H16N6O4/c1-31-14-4-3-13-10-27(18(28)15(13)9-14)11-21(19(29)22-20(30)23-21)7-6-12-2-5-16-17(8-12)25-26-24-16/h2-5,8-9H,10-11H2,1H3,(H,24,25,26)(H2,22,23,29,30)/t21-/m1/s1. The zero-order valence-corrected chi connectivity index (χ0v) is 16.4. The van der Waals surface area contributed by atoms with Gasteiger partial charge >= 0.3 is 6.03 Å².